The molecule has 1 aromatic carbocycles. The molecule has 0 spiro atoms. The van der Waals surface area contributed by atoms with E-state index in [0.717, 1.165) is 16.8 Å². The quantitative estimate of drug-likeness (QED) is 0.728. The van der Waals surface area contributed by atoms with Gasteiger partial charge in [0.1, 0.15) is 5.69 Å². The minimum atomic E-state index is -0.512. The number of aromatic amines is 1. The van der Waals surface area contributed by atoms with Crippen LogP contribution in [0.3, 0.4) is 0 Å². The van der Waals surface area contributed by atoms with Crippen LogP contribution in [0.1, 0.15) is 51.0 Å². The fourth-order valence-corrected chi connectivity index (χ4v) is 2.90. The van der Waals surface area contributed by atoms with Gasteiger partial charge in [-0.05, 0) is 50.5 Å². The Balaban J connectivity index is 2.07. The van der Waals surface area contributed by atoms with E-state index in [-0.39, 0.29) is 12.3 Å². The van der Waals surface area contributed by atoms with Crippen molar-refractivity contribution >= 4 is 23.5 Å². The number of aromatic nitrogens is 1. The number of methoxy groups -OCH3 is 1. The average molecular weight is 372 g/mol. The lowest BCUT2D eigenvalue weighted by atomic mass is 10.0. The first-order valence-corrected chi connectivity index (χ1v) is 8.71. The van der Waals surface area contributed by atoms with E-state index < -0.39 is 11.9 Å². The van der Waals surface area contributed by atoms with Crippen LogP contribution in [-0.4, -0.2) is 36.5 Å². The summed E-state index contributed by atoms with van der Waals surface area (Å²) < 4.78 is 9.76. The zero-order valence-electron chi connectivity index (χ0n) is 16.0. The third-order valence-electron chi connectivity index (χ3n) is 4.28. The lowest BCUT2D eigenvalue weighted by molar-refractivity contribution is -0.116. The standard InChI is InChI=1S/C20H24N2O5/c1-5-27-20(25)18-12(2)14(13(3)21-18)10-11-17(23)22-16-9-7-6-8-15(16)19(24)26-4/h6-9,21H,5,10-11H2,1-4H3,(H,22,23). The van der Waals surface area contributed by atoms with E-state index >= 15 is 0 Å². The molecule has 2 N–H and O–H groups in total. The molecule has 0 radical (unpaired) electrons. The van der Waals surface area contributed by atoms with Crippen molar-refractivity contribution in [3.8, 4) is 0 Å². The number of para-hydroxylation sites is 1. The molecule has 0 aliphatic carbocycles. The molecule has 27 heavy (non-hydrogen) atoms. The molecule has 2 rings (SSSR count). The summed E-state index contributed by atoms with van der Waals surface area (Å²) in [5, 5.41) is 2.74. The monoisotopic (exact) mass is 372 g/mol. The molecule has 0 saturated carbocycles. The number of hydrogen-bond acceptors (Lipinski definition) is 5. The van der Waals surface area contributed by atoms with Crippen LogP contribution < -0.4 is 5.32 Å². The fraction of sp³-hybridized carbons (Fsp3) is 0.350. The number of hydrogen-bond donors (Lipinski definition) is 2. The summed E-state index contributed by atoms with van der Waals surface area (Å²) in [6.45, 7) is 5.74. The normalized spacial score (nSPS) is 10.4. The second-order valence-corrected chi connectivity index (χ2v) is 6.03. The van der Waals surface area contributed by atoms with Crippen LogP contribution in [0.15, 0.2) is 24.3 Å². The van der Waals surface area contributed by atoms with E-state index in [0.29, 0.717) is 30.0 Å². The minimum Gasteiger partial charge on any atom is -0.465 e. The third-order valence-corrected chi connectivity index (χ3v) is 4.28. The number of benzene rings is 1. The zero-order chi connectivity index (χ0) is 20.0. The lowest BCUT2D eigenvalue weighted by Crippen LogP contribution is -2.16. The van der Waals surface area contributed by atoms with Gasteiger partial charge in [0.2, 0.25) is 5.91 Å². The average Bonchev–Trinajstić information content (AvgIpc) is 2.94. The van der Waals surface area contributed by atoms with E-state index in [9.17, 15) is 14.4 Å². The molecule has 7 heteroatoms. The van der Waals surface area contributed by atoms with Crippen LogP contribution in [0.25, 0.3) is 0 Å². The van der Waals surface area contributed by atoms with Crippen LogP contribution in [0, 0.1) is 13.8 Å². The highest BCUT2D eigenvalue weighted by Crippen LogP contribution is 2.21. The molecule has 1 amide bonds. The van der Waals surface area contributed by atoms with E-state index in [1.807, 2.05) is 13.8 Å². The van der Waals surface area contributed by atoms with Gasteiger partial charge in [-0.3, -0.25) is 4.79 Å². The molecule has 0 fully saturated rings. The zero-order valence-corrected chi connectivity index (χ0v) is 16.0. The number of amides is 1. The van der Waals surface area contributed by atoms with Crippen LogP contribution in [0.2, 0.25) is 0 Å². The summed E-state index contributed by atoms with van der Waals surface area (Å²) in [6.07, 6.45) is 0.664. The first-order chi connectivity index (χ1) is 12.9. The van der Waals surface area contributed by atoms with Crippen molar-refractivity contribution in [2.24, 2.45) is 0 Å². The van der Waals surface area contributed by atoms with Crippen molar-refractivity contribution in [3.05, 3.63) is 52.3 Å². The number of rotatable bonds is 7. The largest absolute Gasteiger partial charge is 0.465 e. The van der Waals surface area contributed by atoms with Crippen LogP contribution in [0.4, 0.5) is 5.69 Å². The van der Waals surface area contributed by atoms with Gasteiger partial charge in [-0.25, -0.2) is 9.59 Å². The number of ether oxygens (including phenoxy) is 2. The van der Waals surface area contributed by atoms with Crippen LogP contribution >= 0.6 is 0 Å². The van der Waals surface area contributed by atoms with Crippen LogP contribution in [0.5, 0.6) is 0 Å². The summed E-state index contributed by atoms with van der Waals surface area (Å²) in [5.74, 6) is -1.15. The Kier molecular flexibility index (Phi) is 6.76. The van der Waals surface area contributed by atoms with Gasteiger partial charge in [0.15, 0.2) is 0 Å². The van der Waals surface area contributed by atoms with Crippen molar-refractivity contribution in [1.82, 2.24) is 4.98 Å². The topological polar surface area (TPSA) is 97.5 Å². The first-order valence-electron chi connectivity index (χ1n) is 8.71. The Bertz CT molecular complexity index is 854. The molecule has 7 nitrogen and oxygen atoms in total. The molecule has 0 unspecified atom stereocenters. The van der Waals surface area contributed by atoms with Gasteiger partial charge in [-0.2, -0.15) is 0 Å². The van der Waals surface area contributed by atoms with Gasteiger partial charge in [0, 0.05) is 12.1 Å². The SMILES string of the molecule is CCOC(=O)c1[nH]c(C)c(CCC(=O)Nc2ccccc2C(=O)OC)c1C. The maximum Gasteiger partial charge on any atom is 0.355 e. The van der Waals surface area contributed by atoms with Crippen molar-refractivity contribution in [2.45, 2.75) is 33.6 Å². The Labute approximate surface area is 158 Å². The number of esters is 2. The highest BCUT2D eigenvalue weighted by atomic mass is 16.5. The number of H-pyrrole nitrogens is 1. The number of nitrogens with one attached hydrogen (secondary N) is 2. The summed E-state index contributed by atoms with van der Waals surface area (Å²) in [5.41, 5.74) is 3.65. The summed E-state index contributed by atoms with van der Waals surface area (Å²) in [6, 6.07) is 6.67. The second kappa shape index (κ2) is 9.02. The molecule has 0 bridgehead atoms. The predicted molar refractivity (Wildman–Crippen MR) is 101 cm³/mol. The minimum absolute atomic E-state index is 0.206. The number of anilines is 1. The Hall–Kier alpha value is -3.09. The van der Waals surface area contributed by atoms with Gasteiger partial charge in [0.05, 0.1) is 25.0 Å². The molecule has 144 valence electrons. The maximum absolute atomic E-state index is 12.3. The molecule has 1 aromatic heterocycles. The second-order valence-electron chi connectivity index (χ2n) is 6.03. The number of aryl methyl sites for hydroxylation is 1. The highest BCUT2D eigenvalue weighted by Gasteiger charge is 2.19. The fourth-order valence-electron chi connectivity index (χ4n) is 2.90. The lowest BCUT2D eigenvalue weighted by Gasteiger charge is -2.10. The molecule has 0 atom stereocenters. The molecular formula is C20H24N2O5. The summed E-state index contributed by atoms with van der Waals surface area (Å²) in [7, 11) is 1.29. The predicted octanol–water partition coefficient (Wildman–Crippen LogP) is 3.17. The Morgan fingerprint density at radius 2 is 1.81 bits per heavy atom. The van der Waals surface area contributed by atoms with E-state index in [1.54, 1.807) is 31.2 Å². The molecule has 0 aliphatic rings. The molecule has 0 saturated heterocycles. The molecule has 1 heterocycles. The Morgan fingerprint density at radius 3 is 2.48 bits per heavy atom. The first kappa shape index (κ1) is 20.2. The van der Waals surface area contributed by atoms with Crippen molar-refractivity contribution in [2.75, 3.05) is 19.0 Å². The third kappa shape index (κ3) is 4.75. The smallest absolute Gasteiger partial charge is 0.355 e. The summed E-state index contributed by atoms with van der Waals surface area (Å²) >= 11 is 0. The Morgan fingerprint density at radius 1 is 1.11 bits per heavy atom. The number of carbonyl (C=O) groups is 3. The molecule has 0 aliphatic heterocycles. The number of carbonyl (C=O) groups excluding carboxylic acids is 3. The maximum atomic E-state index is 12.3. The van der Waals surface area contributed by atoms with Gasteiger partial charge < -0.3 is 19.8 Å². The molecule has 2 aromatic rings. The van der Waals surface area contributed by atoms with Crippen molar-refractivity contribution in [3.63, 3.8) is 0 Å². The summed E-state index contributed by atoms with van der Waals surface area (Å²) in [4.78, 5) is 39.1. The molecular weight excluding hydrogens is 348 g/mol. The van der Waals surface area contributed by atoms with E-state index in [4.69, 9.17) is 9.47 Å². The van der Waals surface area contributed by atoms with Crippen LogP contribution in [-0.2, 0) is 20.7 Å². The van der Waals surface area contributed by atoms with E-state index in [2.05, 4.69) is 10.3 Å². The highest BCUT2D eigenvalue weighted by molar-refractivity contribution is 6.01. The van der Waals surface area contributed by atoms with Gasteiger partial charge in [-0.15, -0.1) is 0 Å². The van der Waals surface area contributed by atoms with Gasteiger partial charge in [-0.1, -0.05) is 12.1 Å². The van der Waals surface area contributed by atoms with Crippen molar-refractivity contribution in [1.29, 1.82) is 0 Å². The van der Waals surface area contributed by atoms with Crippen molar-refractivity contribution < 1.29 is 23.9 Å². The van der Waals surface area contributed by atoms with Gasteiger partial charge >= 0.3 is 11.9 Å². The van der Waals surface area contributed by atoms with E-state index in [1.165, 1.54) is 7.11 Å². The van der Waals surface area contributed by atoms with Gasteiger partial charge in [0.25, 0.3) is 0 Å².